The van der Waals surface area contributed by atoms with E-state index >= 15 is 0 Å². The van der Waals surface area contributed by atoms with Crippen molar-refractivity contribution in [3.63, 3.8) is 0 Å². The maximum absolute atomic E-state index is 11.3. The van der Waals surface area contributed by atoms with Crippen LogP contribution in [0.1, 0.15) is 75.4 Å². The van der Waals surface area contributed by atoms with Crippen LogP contribution in [0.15, 0.2) is 54.6 Å². The molecule has 0 aliphatic carbocycles. The summed E-state index contributed by atoms with van der Waals surface area (Å²) in [5, 5.41) is 21.4. The lowest BCUT2D eigenvalue weighted by molar-refractivity contribution is -0.139. The minimum Gasteiger partial charge on any atom is -0.481 e. The highest BCUT2D eigenvalue weighted by Crippen LogP contribution is 2.39. The van der Waals surface area contributed by atoms with Crippen molar-refractivity contribution in [1.29, 1.82) is 0 Å². The fraction of sp³-hybridized carbons (Fsp3) is 0.400. The normalized spacial score (nSPS) is 13.4. The minimum atomic E-state index is -0.761. The number of carbonyl (C=O) groups is 1. The molecule has 3 rings (SSSR count). The molecule has 3 aromatic rings. The van der Waals surface area contributed by atoms with E-state index in [-0.39, 0.29) is 17.1 Å². The number of thioether (sulfide) groups is 1. The first-order valence-electron chi connectivity index (χ1n) is 12.3. The van der Waals surface area contributed by atoms with Crippen molar-refractivity contribution in [2.45, 2.75) is 64.2 Å². The Kier molecular flexibility index (Phi) is 9.62. The summed E-state index contributed by atoms with van der Waals surface area (Å²) < 4.78 is 0. The van der Waals surface area contributed by atoms with Crippen LogP contribution in [0.3, 0.4) is 0 Å². The molecule has 0 amide bonds. The van der Waals surface area contributed by atoms with Crippen LogP contribution in [0, 0.1) is 5.41 Å². The highest BCUT2D eigenvalue weighted by molar-refractivity contribution is 7.99. The van der Waals surface area contributed by atoms with Crippen LogP contribution < -0.4 is 0 Å². The molecule has 0 radical (unpaired) electrons. The fourth-order valence-corrected chi connectivity index (χ4v) is 5.75. The molecule has 2 aromatic carbocycles. The molecule has 1 aromatic heterocycles. The Labute approximate surface area is 223 Å². The molecule has 0 bridgehead atoms. The van der Waals surface area contributed by atoms with E-state index < -0.39 is 11.6 Å². The molecule has 1 unspecified atom stereocenters. The number of aliphatic hydroxyl groups is 1. The molecule has 36 heavy (non-hydrogen) atoms. The second kappa shape index (κ2) is 12.3. The molecule has 0 aliphatic heterocycles. The third-order valence-corrected chi connectivity index (χ3v) is 7.74. The molecule has 0 saturated heterocycles. The van der Waals surface area contributed by atoms with E-state index in [1.165, 1.54) is 5.56 Å². The van der Waals surface area contributed by atoms with E-state index in [0.717, 1.165) is 40.8 Å². The number of pyridine rings is 1. The lowest BCUT2D eigenvalue weighted by atomic mass is 9.83. The number of benzene rings is 2. The smallest absolute Gasteiger partial charge is 0.303 e. The molecule has 192 valence electrons. The van der Waals surface area contributed by atoms with Crippen molar-refractivity contribution in [2.75, 3.05) is 5.75 Å². The number of hydrogen-bond acceptors (Lipinski definition) is 4. The van der Waals surface area contributed by atoms with Gasteiger partial charge in [-0.1, -0.05) is 67.9 Å². The zero-order valence-electron chi connectivity index (χ0n) is 21.5. The van der Waals surface area contributed by atoms with Gasteiger partial charge in [0, 0.05) is 15.7 Å². The molecule has 1 heterocycles. The van der Waals surface area contributed by atoms with Gasteiger partial charge in [0.2, 0.25) is 0 Å². The van der Waals surface area contributed by atoms with Crippen LogP contribution in [-0.2, 0) is 4.79 Å². The SMILES string of the molecule is CC(C)(O)CCSC(CCC(C)(C)CC(=O)O)c1cccc(C=Cc2ccc3ccc(Cl)cc3n2)c1. The Morgan fingerprint density at radius 3 is 2.53 bits per heavy atom. The van der Waals surface area contributed by atoms with Crippen LogP contribution in [0.5, 0.6) is 0 Å². The van der Waals surface area contributed by atoms with Crippen LogP contribution >= 0.6 is 23.4 Å². The first-order valence-corrected chi connectivity index (χ1v) is 13.7. The summed E-state index contributed by atoms with van der Waals surface area (Å²) >= 11 is 7.96. The molecule has 2 N–H and O–H groups in total. The molecular weight excluding hydrogens is 490 g/mol. The van der Waals surface area contributed by atoms with Crippen LogP contribution in [0.4, 0.5) is 0 Å². The molecule has 0 fully saturated rings. The third kappa shape index (κ3) is 9.27. The van der Waals surface area contributed by atoms with Gasteiger partial charge < -0.3 is 10.2 Å². The van der Waals surface area contributed by atoms with Gasteiger partial charge >= 0.3 is 5.97 Å². The maximum Gasteiger partial charge on any atom is 0.303 e. The highest BCUT2D eigenvalue weighted by Gasteiger charge is 2.25. The topological polar surface area (TPSA) is 70.4 Å². The first-order chi connectivity index (χ1) is 16.9. The van der Waals surface area contributed by atoms with Crippen LogP contribution in [0.25, 0.3) is 23.1 Å². The van der Waals surface area contributed by atoms with Crippen molar-refractivity contribution >= 4 is 52.4 Å². The number of aliphatic carboxylic acids is 1. The van der Waals surface area contributed by atoms with Crippen molar-refractivity contribution in [2.24, 2.45) is 5.41 Å². The zero-order chi connectivity index (χ0) is 26.3. The first kappa shape index (κ1) is 28.2. The Morgan fingerprint density at radius 1 is 1.06 bits per heavy atom. The standard InChI is InChI=1S/C30H36ClNO3S/c1-29(2,20-28(33)34)15-14-27(36-17-16-30(3,4)35)23-7-5-6-21(18-23)8-12-25-13-10-22-9-11-24(31)19-26(22)32-25/h5-13,18-19,27,35H,14-17,20H2,1-4H3,(H,33,34). The molecular formula is C30H36ClNO3S. The molecule has 6 heteroatoms. The van der Waals surface area contributed by atoms with E-state index in [2.05, 4.69) is 30.3 Å². The average Bonchev–Trinajstić information content (AvgIpc) is 2.78. The van der Waals surface area contributed by atoms with Crippen molar-refractivity contribution in [3.8, 4) is 0 Å². The summed E-state index contributed by atoms with van der Waals surface area (Å²) in [6.07, 6.45) is 6.60. The van der Waals surface area contributed by atoms with Crippen molar-refractivity contribution in [1.82, 2.24) is 4.98 Å². The number of nitrogens with zero attached hydrogens (tertiary/aromatic N) is 1. The van der Waals surface area contributed by atoms with Crippen LogP contribution in [-0.4, -0.2) is 32.5 Å². The average molecular weight is 526 g/mol. The summed E-state index contributed by atoms with van der Waals surface area (Å²) in [6.45, 7) is 7.70. The number of rotatable bonds is 12. The van der Waals surface area contributed by atoms with Gasteiger partial charge in [-0.3, -0.25) is 4.79 Å². The predicted molar refractivity (Wildman–Crippen MR) is 154 cm³/mol. The van der Waals surface area contributed by atoms with Gasteiger partial charge in [-0.05, 0) is 79.7 Å². The number of halogens is 1. The number of aromatic nitrogens is 1. The van der Waals surface area contributed by atoms with E-state index in [9.17, 15) is 15.0 Å². The largest absolute Gasteiger partial charge is 0.481 e. The number of hydrogen-bond donors (Lipinski definition) is 2. The van der Waals surface area contributed by atoms with Gasteiger partial charge in [0.25, 0.3) is 0 Å². The minimum absolute atomic E-state index is 0.154. The van der Waals surface area contributed by atoms with E-state index in [1.54, 1.807) is 0 Å². The predicted octanol–water partition coefficient (Wildman–Crippen LogP) is 8.28. The van der Waals surface area contributed by atoms with Gasteiger partial charge in [-0.2, -0.15) is 11.8 Å². The van der Waals surface area contributed by atoms with Gasteiger partial charge in [-0.15, -0.1) is 0 Å². The molecule has 4 nitrogen and oxygen atoms in total. The highest BCUT2D eigenvalue weighted by atomic mass is 35.5. The fourth-order valence-electron chi connectivity index (χ4n) is 4.06. The third-order valence-electron chi connectivity index (χ3n) is 6.15. The lowest BCUT2D eigenvalue weighted by Gasteiger charge is -2.26. The molecule has 0 spiro atoms. The maximum atomic E-state index is 11.3. The zero-order valence-corrected chi connectivity index (χ0v) is 23.1. The van der Waals surface area contributed by atoms with Crippen LogP contribution in [0.2, 0.25) is 5.02 Å². The van der Waals surface area contributed by atoms with E-state index in [0.29, 0.717) is 11.4 Å². The van der Waals surface area contributed by atoms with Gasteiger partial charge in [0.1, 0.15) is 0 Å². The van der Waals surface area contributed by atoms with E-state index in [1.807, 2.05) is 75.9 Å². The summed E-state index contributed by atoms with van der Waals surface area (Å²) in [6, 6.07) is 18.2. The Morgan fingerprint density at radius 2 is 1.81 bits per heavy atom. The second-order valence-electron chi connectivity index (χ2n) is 10.8. The Bertz CT molecular complexity index is 1220. The van der Waals surface area contributed by atoms with E-state index in [4.69, 9.17) is 16.6 Å². The molecule has 0 aliphatic rings. The number of fused-ring (bicyclic) bond motifs is 1. The summed E-state index contributed by atoms with van der Waals surface area (Å²) in [5.74, 6) is 0.0694. The Hall–Kier alpha value is -2.34. The Balaban J connectivity index is 1.78. The van der Waals surface area contributed by atoms with Crippen molar-refractivity contribution < 1.29 is 15.0 Å². The summed E-state index contributed by atoms with van der Waals surface area (Å²) in [7, 11) is 0. The number of carboxylic acids is 1. The van der Waals surface area contributed by atoms with Crippen molar-refractivity contribution in [3.05, 3.63) is 76.4 Å². The monoisotopic (exact) mass is 525 g/mol. The second-order valence-corrected chi connectivity index (χ2v) is 12.5. The summed E-state index contributed by atoms with van der Waals surface area (Å²) in [5.41, 5.74) is 3.04. The summed E-state index contributed by atoms with van der Waals surface area (Å²) in [4.78, 5) is 16.0. The quantitative estimate of drug-likeness (QED) is 0.249. The van der Waals surface area contributed by atoms with Gasteiger partial charge in [0.05, 0.1) is 23.2 Å². The number of carboxylic acid groups (broad SMARTS) is 1. The van der Waals surface area contributed by atoms with Gasteiger partial charge in [0.15, 0.2) is 0 Å². The lowest BCUT2D eigenvalue weighted by Crippen LogP contribution is -2.20. The molecule has 1 atom stereocenters. The van der Waals surface area contributed by atoms with Gasteiger partial charge in [-0.25, -0.2) is 4.98 Å². The molecule has 0 saturated carbocycles.